The first-order valence-electron chi connectivity index (χ1n) is 6.56. The molecule has 1 aromatic rings. The third kappa shape index (κ3) is 4.21. The van der Waals surface area contributed by atoms with Gasteiger partial charge >= 0.3 is 0 Å². The zero-order valence-corrected chi connectivity index (χ0v) is 12.7. The van der Waals surface area contributed by atoms with Crippen molar-refractivity contribution < 1.29 is 19.4 Å². The van der Waals surface area contributed by atoms with E-state index in [1.165, 1.54) is 6.92 Å². The predicted molar refractivity (Wildman–Crippen MR) is 78.9 cm³/mol. The van der Waals surface area contributed by atoms with E-state index in [0.717, 1.165) is 11.8 Å². The van der Waals surface area contributed by atoms with E-state index in [0.29, 0.717) is 26.3 Å². The molecule has 2 amide bonds. The molecule has 9 nitrogen and oxygen atoms in total. The fourth-order valence-corrected chi connectivity index (χ4v) is 2.59. The first kappa shape index (κ1) is 16.3. The van der Waals surface area contributed by atoms with Crippen LogP contribution in [-0.4, -0.2) is 63.8 Å². The third-order valence-corrected chi connectivity index (χ3v) is 3.73. The minimum absolute atomic E-state index is 0.0852. The molecule has 0 radical (unpaired) electrons. The molecule has 10 heteroatoms. The molecular formula is C12H16N4O5S. The van der Waals surface area contributed by atoms with Crippen LogP contribution in [0, 0.1) is 0 Å². The number of aromatic nitrogens is 2. The first-order valence-corrected chi connectivity index (χ1v) is 7.55. The van der Waals surface area contributed by atoms with Crippen LogP contribution in [0.15, 0.2) is 9.95 Å². The fourth-order valence-electron chi connectivity index (χ4n) is 1.83. The van der Waals surface area contributed by atoms with Crippen LogP contribution in [0.2, 0.25) is 0 Å². The van der Waals surface area contributed by atoms with Gasteiger partial charge in [0, 0.05) is 20.0 Å². The lowest BCUT2D eigenvalue weighted by Crippen LogP contribution is -2.41. The lowest BCUT2D eigenvalue weighted by atomic mass is 10.4. The van der Waals surface area contributed by atoms with E-state index in [9.17, 15) is 19.5 Å². The number of hydrogen-bond acceptors (Lipinski definition) is 7. The summed E-state index contributed by atoms with van der Waals surface area (Å²) in [6.45, 7) is 3.31. The van der Waals surface area contributed by atoms with E-state index in [-0.39, 0.29) is 22.5 Å². The van der Waals surface area contributed by atoms with Gasteiger partial charge in [0.15, 0.2) is 10.8 Å². The quantitative estimate of drug-likeness (QED) is 0.497. The van der Waals surface area contributed by atoms with Gasteiger partial charge < -0.3 is 20.1 Å². The number of carbonyl (C=O) groups is 2. The highest BCUT2D eigenvalue weighted by molar-refractivity contribution is 7.99. The summed E-state index contributed by atoms with van der Waals surface area (Å²) in [6, 6.07) is 0. The standard InChI is InChI=1S/C12H16N4O5S/c1-7(17)13-9-10(19)14-12(15-11(9)20)22-6-8(18)16-2-4-21-5-3-16/h2-6H2,1H3,(H,13,17)(H2,14,15,19,20). The number of thioether (sulfide) groups is 1. The molecule has 120 valence electrons. The Morgan fingerprint density at radius 3 is 2.73 bits per heavy atom. The Morgan fingerprint density at radius 2 is 2.14 bits per heavy atom. The van der Waals surface area contributed by atoms with Crippen molar-refractivity contribution in [2.75, 3.05) is 37.4 Å². The Bertz CT molecular complexity index is 626. The average molecular weight is 328 g/mol. The van der Waals surface area contributed by atoms with Crippen molar-refractivity contribution in [3.8, 4) is 5.88 Å². The summed E-state index contributed by atoms with van der Waals surface area (Å²) in [5.74, 6) is -1.09. The van der Waals surface area contributed by atoms with E-state index >= 15 is 0 Å². The number of nitrogens with zero attached hydrogens (tertiary/aromatic N) is 2. The van der Waals surface area contributed by atoms with E-state index in [4.69, 9.17) is 4.74 Å². The maximum Gasteiger partial charge on any atom is 0.279 e. The van der Waals surface area contributed by atoms with Crippen LogP contribution in [0.5, 0.6) is 5.88 Å². The molecule has 0 aliphatic carbocycles. The van der Waals surface area contributed by atoms with Crippen molar-refractivity contribution in [2.24, 2.45) is 0 Å². The van der Waals surface area contributed by atoms with Gasteiger partial charge in [0.25, 0.3) is 5.56 Å². The molecule has 1 aliphatic heterocycles. The molecule has 0 unspecified atom stereocenters. The van der Waals surface area contributed by atoms with Gasteiger partial charge in [-0.1, -0.05) is 11.8 Å². The second kappa shape index (κ2) is 7.27. The molecule has 2 heterocycles. The maximum atomic E-state index is 12.0. The molecule has 1 saturated heterocycles. The van der Waals surface area contributed by atoms with E-state index in [1.807, 2.05) is 0 Å². The molecule has 0 bridgehead atoms. The van der Waals surface area contributed by atoms with Gasteiger partial charge in [0.1, 0.15) is 0 Å². The molecule has 2 rings (SSSR count). The van der Waals surface area contributed by atoms with Gasteiger partial charge in [-0.2, -0.15) is 4.98 Å². The van der Waals surface area contributed by atoms with Crippen molar-refractivity contribution in [2.45, 2.75) is 12.1 Å². The molecule has 0 atom stereocenters. The Balaban J connectivity index is 1.99. The summed E-state index contributed by atoms with van der Waals surface area (Å²) >= 11 is 1.01. The highest BCUT2D eigenvalue weighted by atomic mass is 32.2. The number of rotatable bonds is 4. The molecule has 0 spiro atoms. The van der Waals surface area contributed by atoms with Gasteiger partial charge in [-0.25, -0.2) is 0 Å². The number of nitrogens with one attached hydrogen (secondary N) is 2. The van der Waals surface area contributed by atoms with E-state index < -0.39 is 17.3 Å². The second-order valence-electron chi connectivity index (χ2n) is 4.53. The van der Waals surface area contributed by atoms with E-state index in [1.54, 1.807) is 4.90 Å². The fraction of sp³-hybridized carbons (Fsp3) is 0.500. The topological polar surface area (TPSA) is 125 Å². The number of hydrogen-bond donors (Lipinski definition) is 3. The Morgan fingerprint density at radius 1 is 1.45 bits per heavy atom. The summed E-state index contributed by atoms with van der Waals surface area (Å²) in [6.07, 6.45) is 0. The normalized spacial score (nSPS) is 14.7. The Labute approximate surface area is 130 Å². The molecular weight excluding hydrogens is 312 g/mol. The van der Waals surface area contributed by atoms with Crippen molar-refractivity contribution in [1.82, 2.24) is 14.9 Å². The van der Waals surface area contributed by atoms with Gasteiger partial charge in [0.05, 0.1) is 19.0 Å². The van der Waals surface area contributed by atoms with Crippen molar-refractivity contribution in [3.05, 3.63) is 10.4 Å². The lowest BCUT2D eigenvalue weighted by molar-refractivity contribution is -0.132. The maximum absolute atomic E-state index is 12.0. The minimum atomic E-state index is -0.677. The summed E-state index contributed by atoms with van der Waals surface area (Å²) in [5.41, 5.74) is -0.986. The van der Waals surface area contributed by atoms with Gasteiger partial charge in [-0.15, -0.1) is 0 Å². The molecule has 22 heavy (non-hydrogen) atoms. The summed E-state index contributed by atoms with van der Waals surface area (Å²) in [7, 11) is 0. The van der Waals surface area contributed by atoms with Crippen molar-refractivity contribution in [3.63, 3.8) is 0 Å². The van der Waals surface area contributed by atoms with Gasteiger partial charge in [-0.3, -0.25) is 19.4 Å². The average Bonchev–Trinajstić information content (AvgIpc) is 2.49. The Hall–Kier alpha value is -2.07. The summed E-state index contributed by atoms with van der Waals surface area (Å²) < 4.78 is 5.16. The molecule has 0 aromatic carbocycles. The zero-order chi connectivity index (χ0) is 16.1. The lowest BCUT2D eigenvalue weighted by Gasteiger charge is -2.26. The molecule has 1 aliphatic rings. The van der Waals surface area contributed by atoms with Crippen LogP contribution in [0.4, 0.5) is 5.69 Å². The molecule has 3 N–H and O–H groups in total. The number of morpholine rings is 1. The van der Waals surface area contributed by atoms with Crippen LogP contribution >= 0.6 is 11.8 Å². The molecule has 0 saturated carbocycles. The second-order valence-corrected chi connectivity index (χ2v) is 5.50. The minimum Gasteiger partial charge on any atom is -0.492 e. The van der Waals surface area contributed by atoms with Crippen LogP contribution in [0.25, 0.3) is 0 Å². The first-order chi connectivity index (χ1) is 10.5. The third-order valence-electron chi connectivity index (χ3n) is 2.88. The summed E-state index contributed by atoms with van der Waals surface area (Å²) in [4.78, 5) is 42.5. The molecule has 1 fully saturated rings. The molecule has 1 aromatic heterocycles. The summed E-state index contributed by atoms with van der Waals surface area (Å²) in [5, 5.41) is 12.0. The van der Waals surface area contributed by atoms with Crippen LogP contribution in [0.3, 0.4) is 0 Å². The van der Waals surface area contributed by atoms with Gasteiger partial charge in [0.2, 0.25) is 17.7 Å². The van der Waals surface area contributed by atoms with Crippen LogP contribution in [0.1, 0.15) is 6.92 Å². The Kier molecular flexibility index (Phi) is 5.39. The number of aromatic hydroxyl groups is 1. The number of ether oxygens (including phenoxy) is 1. The van der Waals surface area contributed by atoms with Crippen molar-refractivity contribution in [1.29, 1.82) is 0 Å². The number of amides is 2. The monoisotopic (exact) mass is 328 g/mol. The van der Waals surface area contributed by atoms with Gasteiger partial charge in [-0.05, 0) is 0 Å². The number of H-pyrrole nitrogens is 1. The predicted octanol–water partition coefficient (Wildman–Crippen LogP) is -0.615. The highest BCUT2D eigenvalue weighted by Gasteiger charge is 2.18. The number of anilines is 1. The SMILES string of the molecule is CC(=O)Nc1c(O)nc(SCC(=O)N2CCOCC2)[nH]c1=O. The highest BCUT2D eigenvalue weighted by Crippen LogP contribution is 2.20. The largest absolute Gasteiger partial charge is 0.492 e. The van der Waals surface area contributed by atoms with Crippen LogP contribution < -0.4 is 10.9 Å². The number of aromatic amines is 1. The van der Waals surface area contributed by atoms with E-state index in [2.05, 4.69) is 15.3 Å². The zero-order valence-electron chi connectivity index (χ0n) is 11.9. The van der Waals surface area contributed by atoms with Crippen LogP contribution in [-0.2, 0) is 14.3 Å². The van der Waals surface area contributed by atoms with Crippen molar-refractivity contribution >= 4 is 29.3 Å². The number of carbonyl (C=O) groups excluding carboxylic acids is 2. The smallest absolute Gasteiger partial charge is 0.279 e.